The van der Waals surface area contributed by atoms with Gasteiger partial charge in [-0.2, -0.15) is 0 Å². The molecule has 0 aliphatic carbocycles. The topological polar surface area (TPSA) is 105 Å². The Bertz CT molecular complexity index is 1640. The van der Waals surface area contributed by atoms with Crippen LogP contribution in [0, 0.1) is 0 Å². The molecule has 3 heterocycles. The van der Waals surface area contributed by atoms with E-state index >= 15 is 0 Å². The van der Waals surface area contributed by atoms with Gasteiger partial charge in [-0.3, -0.25) is 19.6 Å². The van der Waals surface area contributed by atoms with Crippen LogP contribution in [0.2, 0.25) is 0 Å². The third-order valence-electron chi connectivity index (χ3n) is 6.31. The number of allylic oxidation sites excluding steroid dienone is 2. The van der Waals surface area contributed by atoms with Crippen LogP contribution in [-0.2, 0) is 4.79 Å². The largest absolute Gasteiger partial charge is 0.512 e. The second-order valence-corrected chi connectivity index (χ2v) is 9.18. The number of hydrogen-bond donors (Lipinski definition) is 2. The Morgan fingerprint density at radius 1 is 0.650 bits per heavy atom. The van der Waals surface area contributed by atoms with Gasteiger partial charge >= 0.3 is 0 Å². The number of aromatic nitrogens is 3. The summed E-state index contributed by atoms with van der Waals surface area (Å²) in [6.07, 6.45) is 3.47. The Kier molecular flexibility index (Phi) is 7.55. The molecular formula is C33H26N4O3. The van der Waals surface area contributed by atoms with Crippen LogP contribution in [0.25, 0.3) is 39.5 Å². The van der Waals surface area contributed by atoms with Crippen LogP contribution in [0.15, 0.2) is 115 Å². The number of hydrogen-bond acceptors (Lipinski definition) is 6. The molecule has 0 radical (unpaired) electrons. The molecule has 7 nitrogen and oxygen atoms in total. The molecule has 0 bridgehead atoms. The average molecular weight is 527 g/mol. The maximum Gasteiger partial charge on any atom is 0.255 e. The summed E-state index contributed by atoms with van der Waals surface area (Å²) in [5.41, 5.74) is 6.70. The van der Waals surface area contributed by atoms with Gasteiger partial charge in [0.15, 0.2) is 5.78 Å². The lowest BCUT2D eigenvalue weighted by Gasteiger charge is -2.11. The zero-order valence-electron chi connectivity index (χ0n) is 22.0. The van der Waals surface area contributed by atoms with Crippen LogP contribution < -0.4 is 5.32 Å². The summed E-state index contributed by atoms with van der Waals surface area (Å²) in [4.78, 5) is 38.5. The fourth-order valence-corrected chi connectivity index (χ4v) is 4.39. The van der Waals surface area contributed by atoms with E-state index in [4.69, 9.17) is 4.98 Å². The fourth-order valence-electron chi connectivity index (χ4n) is 4.39. The number of amides is 1. The maximum atomic E-state index is 12.9. The van der Waals surface area contributed by atoms with Crippen molar-refractivity contribution in [3.63, 3.8) is 0 Å². The van der Waals surface area contributed by atoms with Gasteiger partial charge in [0.25, 0.3) is 5.91 Å². The van der Waals surface area contributed by atoms with Crippen LogP contribution in [0.4, 0.5) is 5.69 Å². The summed E-state index contributed by atoms with van der Waals surface area (Å²) in [5.74, 6) is -0.540. The van der Waals surface area contributed by atoms with Crippen LogP contribution >= 0.6 is 0 Å². The first-order valence-electron chi connectivity index (χ1n) is 12.7. The molecule has 0 atom stereocenters. The van der Waals surface area contributed by atoms with Crippen LogP contribution in [0.1, 0.15) is 29.8 Å². The molecule has 1 amide bonds. The highest BCUT2D eigenvalue weighted by atomic mass is 16.3. The summed E-state index contributed by atoms with van der Waals surface area (Å²) in [6, 6.07) is 29.5. The lowest BCUT2D eigenvalue weighted by molar-refractivity contribution is -0.111. The molecule has 196 valence electrons. The van der Waals surface area contributed by atoms with E-state index in [0.717, 1.165) is 33.9 Å². The lowest BCUT2D eigenvalue weighted by atomic mass is 10.0. The zero-order chi connectivity index (χ0) is 28.1. The van der Waals surface area contributed by atoms with E-state index in [-0.39, 0.29) is 23.0 Å². The molecule has 3 aromatic heterocycles. The first-order valence-corrected chi connectivity index (χ1v) is 12.7. The smallest absolute Gasteiger partial charge is 0.255 e. The molecule has 0 aliphatic rings. The second-order valence-electron chi connectivity index (χ2n) is 9.18. The number of benzene rings is 2. The van der Waals surface area contributed by atoms with Crippen LogP contribution in [-0.4, -0.2) is 31.7 Å². The van der Waals surface area contributed by atoms with E-state index in [0.29, 0.717) is 16.8 Å². The van der Waals surface area contributed by atoms with E-state index in [1.807, 2.05) is 60.7 Å². The molecule has 0 aliphatic heterocycles. The van der Waals surface area contributed by atoms with Gasteiger partial charge in [0, 0.05) is 23.6 Å². The third-order valence-corrected chi connectivity index (χ3v) is 6.31. The van der Waals surface area contributed by atoms with Gasteiger partial charge in [-0.15, -0.1) is 0 Å². The van der Waals surface area contributed by atoms with E-state index in [2.05, 4.69) is 15.3 Å². The standard InChI is InChI=1S/C33H26N4O3/c1-21(38)32(22(2)39)24-13-15-27(16-14-24)36-33(40)25-11-9-23(10-12-25)26-19-30(28-7-3-5-17-34-28)37-31(20-26)29-8-4-6-18-35-29/h3-20,38H,1-2H3,(H,36,40)/b32-21+. The Balaban J connectivity index is 1.39. The van der Waals surface area contributed by atoms with Gasteiger partial charge in [0.2, 0.25) is 0 Å². The zero-order valence-corrected chi connectivity index (χ0v) is 22.0. The fraction of sp³-hybridized carbons (Fsp3) is 0.0606. The predicted molar refractivity (Wildman–Crippen MR) is 156 cm³/mol. The number of Topliss-reactive ketones (excluding diaryl/α,β-unsaturated/α-hetero) is 1. The predicted octanol–water partition coefficient (Wildman–Crippen LogP) is 7.00. The Morgan fingerprint density at radius 3 is 1.68 bits per heavy atom. The molecule has 7 heteroatoms. The van der Waals surface area contributed by atoms with E-state index < -0.39 is 0 Å². The molecule has 5 rings (SSSR count). The summed E-state index contributed by atoms with van der Waals surface area (Å²) in [7, 11) is 0. The maximum absolute atomic E-state index is 12.9. The Labute approximate surface area is 231 Å². The number of rotatable bonds is 7. The first-order chi connectivity index (χ1) is 19.4. The number of nitrogens with one attached hydrogen (secondary N) is 1. The number of anilines is 1. The number of nitrogens with zero attached hydrogens (tertiary/aromatic N) is 3. The van der Waals surface area contributed by atoms with E-state index in [1.165, 1.54) is 13.8 Å². The van der Waals surface area contributed by atoms with Crippen molar-refractivity contribution in [1.82, 2.24) is 15.0 Å². The summed E-state index contributed by atoms with van der Waals surface area (Å²) < 4.78 is 0. The van der Waals surface area contributed by atoms with Gasteiger partial charge in [0.1, 0.15) is 5.76 Å². The quantitative estimate of drug-likeness (QED) is 0.175. The molecular weight excluding hydrogens is 500 g/mol. The minimum Gasteiger partial charge on any atom is -0.512 e. The van der Waals surface area contributed by atoms with Gasteiger partial charge < -0.3 is 10.4 Å². The number of aliphatic hydroxyl groups excluding tert-OH is 1. The molecule has 2 N–H and O–H groups in total. The minimum absolute atomic E-state index is 0.0436. The van der Waals surface area contributed by atoms with Gasteiger partial charge in [-0.1, -0.05) is 36.4 Å². The number of ketones is 1. The lowest BCUT2D eigenvalue weighted by Crippen LogP contribution is -2.11. The highest BCUT2D eigenvalue weighted by molar-refractivity contribution is 6.20. The normalized spacial score (nSPS) is 11.4. The first kappa shape index (κ1) is 26.2. The van der Waals surface area contributed by atoms with Crippen molar-refractivity contribution in [3.8, 4) is 33.9 Å². The van der Waals surface area contributed by atoms with Gasteiger partial charge in [0.05, 0.1) is 28.3 Å². The molecule has 0 saturated heterocycles. The number of pyridine rings is 3. The highest BCUT2D eigenvalue weighted by Gasteiger charge is 2.13. The van der Waals surface area contributed by atoms with E-state index in [1.54, 1.807) is 48.8 Å². The summed E-state index contributed by atoms with van der Waals surface area (Å²) >= 11 is 0. The second kappa shape index (κ2) is 11.5. The van der Waals surface area contributed by atoms with Crippen molar-refractivity contribution in [3.05, 3.63) is 126 Å². The van der Waals surface area contributed by atoms with Crippen molar-refractivity contribution >= 4 is 23.0 Å². The SMILES string of the molecule is CC(=O)/C(=C(/C)O)c1ccc(NC(=O)c2ccc(-c3cc(-c4ccccn4)nc(-c4ccccn4)c3)cc2)cc1. The van der Waals surface area contributed by atoms with Crippen LogP contribution in [0.3, 0.4) is 0 Å². The van der Waals surface area contributed by atoms with E-state index in [9.17, 15) is 14.7 Å². The molecule has 0 spiro atoms. The highest BCUT2D eigenvalue weighted by Crippen LogP contribution is 2.29. The van der Waals surface area contributed by atoms with Crippen molar-refractivity contribution in [2.24, 2.45) is 0 Å². The molecule has 2 aromatic carbocycles. The van der Waals surface area contributed by atoms with Gasteiger partial charge in [-0.05, 0) is 91.2 Å². The number of aliphatic hydroxyl groups is 1. The van der Waals surface area contributed by atoms with Crippen molar-refractivity contribution < 1.29 is 14.7 Å². The van der Waals surface area contributed by atoms with Crippen molar-refractivity contribution in [1.29, 1.82) is 0 Å². The molecule has 0 saturated carbocycles. The molecule has 5 aromatic rings. The van der Waals surface area contributed by atoms with Crippen molar-refractivity contribution in [2.75, 3.05) is 5.32 Å². The number of carbonyl (C=O) groups is 2. The third kappa shape index (κ3) is 5.84. The van der Waals surface area contributed by atoms with Crippen LogP contribution in [0.5, 0.6) is 0 Å². The summed E-state index contributed by atoms with van der Waals surface area (Å²) in [5, 5.41) is 12.7. The minimum atomic E-state index is -0.266. The van der Waals surface area contributed by atoms with Crippen molar-refractivity contribution in [2.45, 2.75) is 13.8 Å². The Hall–Kier alpha value is -5.43. The number of carbonyl (C=O) groups excluding carboxylic acids is 2. The Morgan fingerprint density at radius 2 is 1.20 bits per heavy atom. The van der Waals surface area contributed by atoms with Gasteiger partial charge in [-0.25, -0.2) is 4.98 Å². The average Bonchev–Trinajstić information content (AvgIpc) is 2.98. The summed E-state index contributed by atoms with van der Waals surface area (Å²) in [6.45, 7) is 2.87. The monoisotopic (exact) mass is 526 g/mol. The molecule has 0 unspecified atom stereocenters. The molecule has 40 heavy (non-hydrogen) atoms. The molecule has 0 fully saturated rings.